The van der Waals surface area contributed by atoms with Gasteiger partial charge in [-0.05, 0) is 36.2 Å². The third kappa shape index (κ3) is 2.34. The summed E-state index contributed by atoms with van der Waals surface area (Å²) in [7, 11) is 0. The first kappa shape index (κ1) is 13.5. The van der Waals surface area contributed by atoms with E-state index in [1.54, 1.807) is 18.2 Å². The molecule has 0 spiro atoms. The first-order chi connectivity index (χ1) is 10.1. The summed E-state index contributed by atoms with van der Waals surface area (Å²) in [6.45, 7) is 0.273. The minimum Gasteiger partial charge on any atom is -0.391 e. The van der Waals surface area contributed by atoms with E-state index in [-0.39, 0.29) is 17.1 Å². The van der Waals surface area contributed by atoms with Gasteiger partial charge in [0.15, 0.2) is 0 Å². The van der Waals surface area contributed by atoms with Crippen LogP contribution in [0.2, 0.25) is 0 Å². The Labute approximate surface area is 120 Å². The zero-order valence-electron chi connectivity index (χ0n) is 11.1. The number of nitro benzene ring substituents is 1. The van der Waals surface area contributed by atoms with Gasteiger partial charge in [0.2, 0.25) is 0 Å². The minimum atomic E-state index is -0.521. The van der Waals surface area contributed by atoms with Crippen LogP contribution < -0.4 is 4.90 Å². The van der Waals surface area contributed by atoms with Crippen LogP contribution in [0.1, 0.15) is 11.1 Å². The molecule has 2 aromatic carbocycles. The van der Waals surface area contributed by atoms with E-state index in [0.29, 0.717) is 12.2 Å². The van der Waals surface area contributed by atoms with Crippen molar-refractivity contribution >= 4 is 17.1 Å². The van der Waals surface area contributed by atoms with Crippen LogP contribution in [-0.2, 0) is 13.0 Å². The fourth-order valence-corrected chi connectivity index (χ4v) is 2.67. The summed E-state index contributed by atoms with van der Waals surface area (Å²) in [4.78, 5) is 12.3. The lowest BCUT2D eigenvalue weighted by Gasteiger charge is -2.20. The van der Waals surface area contributed by atoms with Crippen molar-refractivity contribution in [3.63, 3.8) is 0 Å². The smallest absolute Gasteiger partial charge is 0.275 e. The van der Waals surface area contributed by atoms with Crippen molar-refractivity contribution in [2.45, 2.75) is 13.0 Å². The number of nitrogens with zero attached hydrogens (tertiary/aromatic N) is 2. The molecule has 3 rings (SSSR count). The fraction of sp³-hybridized carbons (Fsp3) is 0.200. The Morgan fingerprint density at radius 1 is 1.29 bits per heavy atom. The number of aliphatic hydroxyl groups excluding tert-OH is 1. The molecule has 2 aromatic rings. The molecule has 0 bridgehead atoms. The highest BCUT2D eigenvalue weighted by Crippen LogP contribution is 2.36. The topological polar surface area (TPSA) is 66.6 Å². The number of hydrogen-bond acceptors (Lipinski definition) is 4. The van der Waals surface area contributed by atoms with Crippen molar-refractivity contribution in [3.8, 4) is 0 Å². The number of aliphatic hydroxyl groups is 1. The molecule has 0 fully saturated rings. The Morgan fingerprint density at radius 2 is 2.10 bits per heavy atom. The molecule has 0 saturated carbocycles. The number of rotatable bonds is 3. The van der Waals surface area contributed by atoms with E-state index in [2.05, 4.69) is 0 Å². The lowest BCUT2D eigenvalue weighted by Crippen LogP contribution is -2.14. The van der Waals surface area contributed by atoms with Gasteiger partial charge in [-0.15, -0.1) is 0 Å². The summed E-state index contributed by atoms with van der Waals surface area (Å²) in [5, 5.41) is 20.2. The lowest BCUT2D eigenvalue weighted by atomic mass is 10.1. The second-order valence-corrected chi connectivity index (χ2v) is 4.90. The van der Waals surface area contributed by atoms with E-state index in [9.17, 15) is 19.6 Å². The quantitative estimate of drug-likeness (QED) is 0.696. The average Bonchev–Trinajstić information content (AvgIpc) is 2.89. The number of benzene rings is 2. The Hall–Kier alpha value is -2.47. The molecule has 1 aliphatic rings. The summed E-state index contributed by atoms with van der Waals surface area (Å²) in [5.41, 5.74) is 2.67. The van der Waals surface area contributed by atoms with E-state index in [1.165, 1.54) is 18.2 Å². The van der Waals surface area contributed by atoms with E-state index in [0.717, 1.165) is 17.7 Å². The van der Waals surface area contributed by atoms with Gasteiger partial charge in [0.1, 0.15) is 5.82 Å². The van der Waals surface area contributed by atoms with E-state index in [4.69, 9.17) is 0 Å². The summed E-state index contributed by atoms with van der Waals surface area (Å²) in [6, 6.07) is 9.22. The van der Waals surface area contributed by atoms with Crippen LogP contribution in [0.25, 0.3) is 0 Å². The summed E-state index contributed by atoms with van der Waals surface area (Å²) >= 11 is 0. The summed E-state index contributed by atoms with van der Waals surface area (Å²) in [6.07, 6.45) is 0.793. The van der Waals surface area contributed by atoms with Crippen LogP contribution in [0.5, 0.6) is 0 Å². The largest absolute Gasteiger partial charge is 0.391 e. The van der Waals surface area contributed by atoms with Crippen molar-refractivity contribution < 1.29 is 14.4 Å². The number of nitro groups is 1. The predicted octanol–water partition coefficient (Wildman–Crippen LogP) is 2.92. The second-order valence-electron chi connectivity index (χ2n) is 4.90. The van der Waals surface area contributed by atoms with E-state index >= 15 is 0 Å². The van der Waals surface area contributed by atoms with Crippen molar-refractivity contribution in [1.82, 2.24) is 0 Å². The molecule has 21 heavy (non-hydrogen) atoms. The number of hydrogen-bond donors (Lipinski definition) is 1. The fourth-order valence-electron chi connectivity index (χ4n) is 2.67. The molecule has 108 valence electrons. The van der Waals surface area contributed by atoms with Gasteiger partial charge in [0.05, 0.1) is 17.1 Å². The monoisotopic (exact) mass is 288 g/mol. The van der Waals surface area contributed by atoms with Gasteiger partial charge in [-0.25, -0.2) is 4.39 Å². The minimum absolute atomic E-state index is 0.111. The van der Waals surface area contributed by atoms with Gasteiger partial charge < -0.3 is 10.0 Å². The Morgan fingerprint density at radius 3 is 2.81 bits per heavy atom. The second kappa shape index (κ2) is 5.14. The molecule has 0 unspecified atom stereocenters. The number of halogens is 1. The molecule has 5 nitrogen and oxygen atoms in total. The Bertz CT molecular complexity index is 718. The number of fused-ring (bicyclic) bond motifs is 1. The highest BCUT2D eigenvalue weighted by molar-refractivity contribution is 5.71. The number of anilines is 2. The van der Waals surface area contributed by atoms with Crippen LogP contribution >= 0.6 is 0 Å². The lowest BCUT2D eigenvalue weighted by molar-refractivity contribution is -0.385. The zero-order chi connectivity index (χ0) is 15.0. The molecule has 0 saturated heterocycles. The van der Waals surface area contributed by atoms with Gasteiger partial charge in [0, 0.05) is 24.0 Å². The maximum atomic E-state index is 13.4. The first-order valence-electron chi connectivity index (χ1n) is 6.54. The van der Waals surface area contributed by atoms with Crippen LogP contribution in [0, 0.1) is 15.9 Å². The van der Waals surface area contributed by atoms with Crippen LogP contribution in [-0.4, -0.2) is 16.6 Å². The zero-order valence-corrected chi connectivity index (χ0v) is 11.1. The van der Waals surface area contributed by atoms with Gasteiger partial charge in [-0.2, -0.15) is 0 Å². The third-order valence-electron chi connectivity index (χ3n) is 3.68. The molecule has 0 aromatic heterocycles. The SMILES string of the molecule is O=[N+]([O-])c1ccc(N2CCc3ccc(F)cc32)cc1CO. The highest BCUT2D eigenvalue weighted by atomic mass is 19.1. The average molecular weight is 288 g/mol. The van der Waals surface area contributed by atoms with Crippen molar-refractivity contribution in [1.29, 1.82) is 0 Å². The van der Waals surface area contributed by atoms with Crippen LogP contribution in [0.15, 0.2) is 36.4 Å². The molecule has 1 heterocycles. The maximum Gasteiger partial charge on any atom is 0.275 e. The predicted molar refractivity (Wildman–Crippen MR) is 76.1 cm³/mol. The van der Waals surface area contributed by atoms with E-state index < -0.39 is 11.5 Å². The van der Waals surface area contributed by atoms with Crippen LogP contribution in [0.3, 0.4) is 0 Å². The highest BCUT2D eigenvalue weighted by Gasteiger charge is 2.23. The Kier molecular flexibility index (Phi) is 3.31. The molecule has 1 aliphatic heterocycles. The van der Waals surface area contributed by atoms with Crippen molar-refractivity contribution in [3.05, 3.63) is 63.5 Å². The maximum absolute atomic E-state index is 13.4. The molecule has 0 atom stereocenters. The molecule has 0 aliphatic carbocycles. The van der Waals surface area contributed by atoms with Crippen molar-refractivity contribution in [2.75, 3.05) is 11.4 Å². The normalized spacial score (nSPS) is 13.3. The molecule has 1 N–H and O–H groups in total. The summed E-state index contributed by atoms with van der Waals surface area (Å²) < 4.78 is 13.4. The van der Waals surface area contributed by atoms with Crippen molar-refractivity contribution in [2.24, 2.45) is 0 Å². The van der Waals surface area contributed by atoms with Gasteiger partial charge in [0.25, 0.3) is 5.69 Å². The summed E-state index contributed by atoms with van der Waals surface area (Å²) in [5.74, 6) is -0.315. The molecule has 0 amide bonds. The standard InChI is InChI=1S/C15H13FN2O3/c16-12-2-1-10-5-6-17(15(10)8-12)13-3-4-14(18(20)21)11(7-13)9-19/h1-4,7-8,19H,5-6,9H2. The third-order valence-corrected chi connectivity index (χ3v) is 3.68. The molecular weight excluding hydrogens is 275 g/mol. The van der Waals surface area contributed by atoms with E-state index in [1.807, 2.05) is 4.90 Å². The first-order valence-corrected chi connectivity index (χ1v) is 6.54. The van der Waals surface area contributed by atoms with Gasteiger partial charge in [-0.1, -0.05) is 6.07 Å². The molecule has 0 radical (unpaired) electrons. The molecule has 6 heteroatoms. The van der Waals surface area contributed by atoms with Crippen LogP contribution in [0.4, 0.5) is 21.5 Å². The Balaban J connectivity index is 2.03. The molecular formula is C15H13FN2O3. The van der Waals surface area contributed by atoms with Gasteiger partial charge >= 0.3 is 0 Å². The van der Waals surface area contributed by atoms with Gasteiger partial charge in [-0.3, -0.25) is 10.1 Å².